The molecule has 126 valence electrons. The third kappa shape index (κ3) is 2.68. The van der Waals surface area contributed by atoms with Gasteiger partial charge in [-0.15, -0.1) is 0 Å². The van der Waals surface area contributed by atoms with Crippen molar-refractivity contribution in [2.75, 3.05) is 7.11 Å². The van der Waals surface area contributed by atoms with Crippen LogP contribution in [0.5, 0.6) is 11.5 Å². The molecule has 0 saturated carbocycles. The minimum absolute atomic E-state index is 0.206. The molecule has 0 fully saturated rings. The van der Waals surface area contributed by atoms with Crippen LogP contribution < -0.4 is 4.74 Å². The minimum Gasteiger partial charge on any atom is -0.468 e. The number of hydrogen-bond donors (Lipinski definition) is 0. The summed E-state index contributed by atoms with van der Waals surface area (Å²) in [6, 6.07) is 15.6. The lowest BCUT2D eigenvalue weighted by Gasteiger charge is -2.38. The highest BCUT2D eigenvalue weighted by molar-refractivity contribution is 5.90. The van der Waals surface area contributed by atoms with Gasteiger partial charge in [0.1, 0.15) is 16.9 Å². The molecular formula is C21H24O3. The summed E-state index contributed by atoms with van der Waals surface area (Å²) in [5.74, 6) is 1.29. The standard InChI is InChI=1S/C21H24O3/c1-3-4-5-10-15-21(20(22)23-2)16-11-6-8-13-18(16)24-19-14-9-7-12-17(19)21/h6-9,11-14H,3-5,10,15H2,1-2H3. The number of hydrogen-bond acceptors (Lipinski definition) is 3. The zero-order valence-electron chi connectivity index (χ0n) is 14.4. The lowest BCUT2D eigenvalue weighted by Crippen LogP contribution is -2.40. The number of carbonyl (C=O) groups is 1. The summed E-state index contributed by atoms with van der Waals surface area (Å²) in [6.45, 7) is 2.19. The number of carbonyl (C=O) groups excluding carboxylic acids is 1. The molecule has 1 aliphatic rings. The molecule has 0 atom stereocenters. The Morgan fingerprint density at radius 1 is 0.958 bits per heavy atom. The molecule has 0 N–H and O–H groups in total. The van der Waals surface area contributed by atoms with Gasteiger partial charge in [0.25, 0.3) is 0 Å². The molecule has 0 unspecified atom stereocenters. The smallest absolute Gasteiger partial charge is 0.321 e. The van der Waals surface area contributed by atoms with Crippen LogP contribution in [0.4, 0.5) is 0 Å². The summed E-state index contributed by atoms with van der Waals surface area (Å²) in [7, 11) is 1.47. The van der Waals surface area contributed by atoms with E-state index < -0.39 is 5.41 Å². The summed E-state index contributed by atoms with van der Waals surface area (Å²) >= 11 is 0. The van der Waals surface area contributed by atoms with E-state index in [1.54, 1.807) is 0 Å². The Morgan fingerprint density at radius 3 is 2.08 bits per heavy atom. The van der Waals surface area contributed by atoms with Crippen molar-refractivity contribution in [3.63, 3.8) is 0 Å². The summed E-state index contributed by atoms with van der Waals surface area (Å²) in [4.78, 5) is 13.0. The monoisotopic (exact) mass is 324 g/mol. The number of benzene rings is 2. The zero-order valence-corrected chi connectivity index (χ0v) is 14.4. The number of rotatable bonds is 6. The Kier molecular flexibility index (Phi) is 4.89. The number of esters is 1. The summed E-state index contributed by atoms with van der Waals surface area (Å²) in [5, 5.41) is 0. The quantitative estimate of drug-likeness (QED) is 0.539. The largest absolute Gasteiger partial charge is 0.468 e. The third-order valence-electron chi connectivity index (χ3n) is 4.85. The van der Waals surface area contributed by atoms with Crippen molar-refractivity contribution in [1.82, 2.24) is 0 Å². The Balaban J connectivity index is 2.13. The highest BCUT2D eigenvalue weighted by Crippen LogP contribution is 2.51. The van der Waals surface area contributed by atoms with E-state index in [1.807, 2.05) is 48.5 Å². The first-order chi connectivity index (χ1) is 11.7. The third-order valence-corrected chi connectivity index (χ3v) is 4.85. The molecule has 0 amide bonds. The van der Waals surface area contributed by atoms with Crippen LogP contribution in [0.1, 0.15) is 50.2 Å². The molecule has 3 heteroatoms. The van der Waals surface area contributed by atoms with Crippen LogP contribution in [-0.4, -0.2) is 13.1 Å². The van der Waals surface area contributed by atoms with Crippen LogP contribution in [0.2, 0.25) is 0 Å². The highest BCUT2D eigenvalue weighted by atomic mass is 16.5. The number of fused-ring (bicyclic) bond motifs is 2. The van der Waals surface area contributed by atoms with Crippen LogP contribution in [0.15, 0.2) is 48.5 Å². The van der Waals surface area contributed by atoms with E-state index in [-0.39, 0.29) is 5.97 Å². The summed E-state index contributed by atoms with van der Waals surface area (Å²) in [6.07, 6.45) is 5.17. The second-order valence-corrected chi connectivity index (χ2v) is 6.30. The molecule has 2 aromatic rings. The SMILES string of the molecule is CCCCCCC1(C(=O)OC)c2ccccc2Oc2ccccc21. The highest BCUT2D eigenvalue weighted by Gasteiger charge is 2.48. The van der Waals surface area contributed by atoms with Crippen molar-refractivity contribution in [2.45, 2.75) is 44.4 Å². The zero-order chi connectivity index (χ0) is 17.0. The van der Waals surface area contributed by atoms with Crippen LogP contribution >= 0.6 is 0 Å². The first-order valence-corrected chi connectivity index (χ1v) is 8.69. The fourth-order valence-electron chi connectivity index (χ4n) is 3.66. The van der Waals surface area contributed by atoms with Gasteiger partial charge in [-0.05, 0) is 18.6 Å². The van der Waals surface area contributed by atoms with Gasteiger partial charge in [-0.3, -0.25) is 4.79 Å². The fraction of sp³-hybridized carbons (Fsp3) is 0.381. The van der Waals surface area contributed by atoms with E-state index in [1.165, 1.54) is 20.0 Å². The van der Waals surface area contributed by atoms with Gasteiger partial charge < -0.3 is 9.47 Å². The molecule has 0 aromatic heterocycles. The summed E-state index contributed by atoms with van der Waals surface area (Å²) in [5.41, 5.74) is 1.03. The Hall–Kier alpha value is -2.29. The first-order valence-electron chi connectivity index (χ1n) is 8.69. The van der Waals surface area contributed by atoms with E-state index in [9.17, 15) is 4.79 Å². The van der Waals surface area contributed by atoms with Crippen LogP contribution in [0, 0.1) is 0 Å². The molecule has 2 aromatic carbocycles. The van der Waals surface area contributed by atoms with E-state index in [0.717, 1.165) is 41.9 Å². The Morgan fingerprint density at radius 2 is 1.54 bits per heavy atom. The topological polar surface area (TPSA) is 35.5 Å². The van der Waals surface area contributed by atoms with Gasteiger partial charge in [0.05, 0.1) is 7.11 Å². The van der Waals surface area contributed by atoms with E-state index in [4.69, 9.17) is 9.47 Å². The van der Waals surface area contributed by atoms with E-state index in [0.29, 0.717) is 0 Å². The van der Waals surface area contributed by atoms with Crippen molar-refractivity contribution in [3.05, 3.63) is 59.7 Å². The predicted octanol–water partition coefficient (Wildman–Crippen LogP) is 5.22. The van der Waals surface area contributed by atoms with Gasteiger partial charge in [-0.25, -0.2) is 0 Å². The molecule has 1 aliphatic heterocycles. The van der Waals surface area contributed by atoms with E-state index >= 15 is 0 Å². The van der Waals surface area contributed by atoms with Gasteiger partial charge in [-0.2, -0.15) is 0 Å². The van der Waals surface area contributed by atoms with Gasteiger partial charge in [0.15, 0.2) is 0 Å². The number of para-hydroxylation sites is 2. The molecule has 24 heavy (non-hydrogen) atoms. The molecule has 0 spiro atoms. The maximum atomic E-state index is 13.0. The Labute approximate surface area is 143 Å². The fourth-order valence-corrected chi connectivity index (χ4v) is 3.66. The summed E-state index contributed by atoms with van der Waals surface area (Å²) < 4.78 is 11.3. The predicted molar refractivity (Wildman–Crippen MR) is 94.5 cm³/mol. The van der Waals surface area contributed by atoms with Gasteiger partial charge in [-0.1, -0.05) is 69.0 Å². The molecular weight excluding hydrogens is 300 g/mol. The molecule has 0 saturated heterocycles. The molecule has 3 nitrogen and oxygen atoms in total. The van der Waals surface area contributed by atoms with Crippen LogP contribution in [0.3, 0.4) is 0 Å². The lowest BCUT2D eigenvalue weighted by atomic mass is 9.69. The van der Waals surface area contributed by atoms with Crippen LogP contribution in [0.25, 0.3) is 0 Å². The van der Waals surface area contributed by atoms with Gasteiger partial charge in [0.2, 0.25) is 0 Å². The lowest BCUT2D eigenvalue weighted by molar-refractivity contribution is -0.146. The number of ether oxygens (including phenoxy) is 2. The van der Waals surface area contributed by atoms with Crippen molar-refractivity contribution >= 4 is 5.97 Å². The first kappa shape index (κ1) is 16.6. The molecule has 0 bridgehead atoms. The van der Waals surface area contributed by atoms with Crippen molar-refractivity contribution in [1.29, 1.82) is 0 Å². The van der Waals surface area contributed by atoms with Crippen molar-refractivity contribution < 1.29 is 14.3 Å². The van der Waals surface area contributed by atoms with Gasteiger partial charge in [0, 0.05) is 11.1 Å². The van der Waals surface area contributed by atoms with Crippen molar-refractivity contribution in [2.24, 2.45) is 0 Å². The normalized spacial score (nSPS) is 14.2. The molecule has 3 rings (SSSR count). The maximum Gasteiger partial charge on any atom is 0.321 e. The van der Waals surface area contributed by atoms with E-state index in [2.05, 4.69) is 6.92 Å². The van der Waals surface area contributed by atoms with Crippen molar-refractivity contribution in [3.8, 4) is 11.5 Å². The Bertz CT molecular complexity index is 675. The second-order valence-electron chi connectivity index (χ2n) is 6.30. The van der Waals surface area contributed by atoms with Crippen LogP contribution in [-0.2, 0) is 14.9 Å². The average Bonchev–Trinajstić information content (AvgIpc) is 2.63. The molecule has 0 aliphatic carbocycles. The maximum absolute atomic E-state index is 13.0. The minimum atomic E-state index is -0.784. The second kappa shape index (κ2) is 7.08. The molecule has 0 radical (unpaired) electrons. The molecule has 1 heterocycles. The number of methoxy groups -OCH3 is 1. The van der Waals surface area contributed by atoms with Gasteiger partial charge >= 0.3 is 5.97 Å². The number of unbranched alkanes of at least 4 members (excludes halogenated alkanes) is 3. The average molecular weight is 324 g/mol.